The third kappa shape index (κ3) is 5.74. The molecule has 0 aromatic heterocycles. The molecular formula is C21H31FN2O3. The van der Waals surface area contributed by atoms with E-state index in [-0.39, 0.29) is 23.9 Å². The summed E-state index contributed by atoms with van der Waals surface area (Å²) in [6, 6.07) is 5.98. The van der Waals surface area contributed by atoms with Crippen LogP contribution in [0.15, 0.2) is 24.3 Å². The van der Waals surface area contributed by atoms with E-state index in [9.17, 15) is 9.18 Å². The lowest BCUT2D eigenvalue weighted by molar-refractivity contribution is -0.130. The molecule has 5 nitrogen and oxygen atoms in total. The van der Waals surface area contributed by atoms with Gasteiger partial charge in [0.05, 0.1) is 19.3 Å². The Morgan fingerprint density at radius 1 is 1.30 bits per heavy atom. The third-order valence-corrected chi connectivity index (χ3v) is 5.27. The summed E-state index contributed by atoms with van der Waals surface area (Å²) < 4.78 is 25.1. The Balaban J connectivity index is 1.70. The van der Waals surface area contributed by atoms with E-state index in [1.165, 1.54) is 12.1 Å². The number of amides is 1. The molecule has 27 heavy (non-hydrogen) atoms. The second kappa shape index (κ2) is 9.62. The van der Waals surface area contributed by atoms with Crippen LogP contribution in [0.2, 0.25) is 0 Å². The number of hydrogen-bond acceptors (Lipinski definition) is 4. The van der Waals surface area contributed by atoms with Crippen LogP contribution in [-0.4, -0.2) is 55.9 Å². The zero-order valence-corrected chi connectivity index (χ0v) is 16.3. The van der Waals surface area contributed by atoms with Crippen molar-refractivity contribution in [1.82, 2.24) is 10.2 Å². The number of morpholine rings is 1. The highest BCUT2D eigenvalue weighted by atomic mass is 19.1. The molecule has 0 bridgehead atoms. The van der Waals surface area contributed by atoms with Crippen LogP contribution in [-0.2, 0) is 14.3 Å². The predicted molar refractivity (Wildman–Crippen MR) is 102 cm³/mol. The molecule has 3 rings (SSSR count). The number of halogens is 1. The Morgan fingerprint density at radius 2 is 2.07 bits per heavy atom. The SMILES string of the molecule is CC(C)C[C@@H]1C[C@H](NC(=O)[C@@H](c2cccc(F)c2)N2CCOCC2)CCO1. The highest BCUT2D eigenvalue weighted by Gasteiger charge is 2.32. The van der Waals surface area contributed by atoms with Gasteiger partial charge in [0.15, 0.2) is 0 Å². The molecule has 150 valence electrons. The van der Waals surface area contributed by atoms with Gasteiger partial charge in [0.1, 0.15) is 11.9 Å². The first-order chi connectivity index (χ1) is 13.0. The zero-order chi connectivity index (χ0) is 19.2. The van der Waals surface area contributed by atoms with Gasteiger partial charge in [-0.3, -0.25) is 9.69 Å². The molecule has 6 heteroatoms. The molecule has 1 amide bonds. The molecule has 1 N–H and O–H groups in total. The molecule has 0 radical (unpaired) electrons. The first-order valence-electron chi connectivity index (χ1n) is 10.0. The number of nitrogens with one attached hydrogen (secondary N) is 1. The fourth-order valence-electron chi connectivity index (χ4n) is 4.02. The second-order valence-corrected chi connectivity index (χ2v) is 7.96. The summed E-state index contributed by atoms with van der Waals surface area (Å²) in [5.74, 6) is 0.192. The van der Waals surface area contributed by atoms with Crippen LogP contribution in [0, 0.1) is 11.7 Å². The Kier molecular flexibility index (Phi) is 7.21. The van der Waals surface area contributed by atoms with Gasteiger partial charge in [0.25, 0.3) is 0 Å². The monoisotopic (exact) mass is 378 g/mol. The largest absolute Gasteiger partial charge is 0.379 e. The van der Waals surface area contributed by atoms with Crippen LogP contribution in [0.4, 0.5) is 4.39 Å². The maximum Gasteiger partial charge on any atom is 0.242 e. The molecule has 2 heterocycles. The van der Waals surface area contributed by atoms with Crippen molar-refractivity contribution < 1.29 is 18.7 Å². The van der Waals surface area contributed by atoms with Crippen LogP contribution in [0.3, 0.4) is 0 Å². The number of carbonyl (C=O) groups excluding carboxylic acids is 1. The third-order valence-electron chi connectivity index (χ3n) is 5.27. The van der Waals surface area contributed by atoms with E-state index in [0.717, 1.165) is 19.3 Å². The van der Waals surface area contributed by atoms with Gasteiger partial charge >= 0.3 is 0 Å². The fraction of sp³-hybridized carbons (Fsp3) is 0.667. The molecule has 2 saturated heterocycles. The number of nitrogens with zero attached hydrogens (tertiary/aromatic N) is 1. The summed E-state index contributed by atoms with van der Waals surface area (Å²) >= 11 is 0. The highest BCUT2D eigenvalue weighted by Crippen LogP contribution is 2.25. The van der Waals surface area contributed by atoms with Gasteiger partial charge in [-0.1, -0.05) is 26.0 Å². The zero-order valence-electron chi connectivity index (χ0n) is 16.3. The summed E-state index contributed by atoms with van der Waals surface area (Å²) in [6.45, 7) is 7.55. The van der Waals surface area contributed by atoms with E-state index in [0.29, 0.717) is 44.4 Å². The molecule has 1 aromatic rings. The molecule has 0 saturated carbocycles. The first-order valence-corrected chi connectivity index (χ1v) is 10.0. The first kappa shape index (κ1) is 20.2. The van der Waals surface area contributed by atoms with Gasteiger partial charge in [-0.2, -0.15) is 0 Å². The Bertz CT molecular complexity index is 619. The predicted octanol–water partition coefficient (Wildman–Crippen LogP) is 2.91. The van der Waals surface area contributed by atoms with E-state index in [1.807, 2.05) is 6.07 Å². The van der Waals surface area contributed by atoms with E-state index in [4.69, 9.17) is 9.47 Å². The number of benzene rings is 1. The number of carbonyl (C=O) groups is 1. The smallest absolute Gasteiger partial charge is 0.242 e. The van der Waals surface area contributed by atoms with Crippen molar-refractivity contribution in [2.45, 2.75) is 51.3 Å². The summed E-state index contributed by atoms with van der Waals surface area (Å²) in [5.41, 5.74) is 0.695. The van der Waals surface area contributed by atoms with Gasteiger partial charge in [-0.15, -0.1) is 0 Å². The van der Waals surface area contributed by atoms with Crippen molar-refractivity contribution in [3.8, 4) is 0 Å². The lowest BCUT2D eigenvalue weighted by Crippen LogP contribution is -2.50. The highest BCUT2D eigenvalue weighted by molar-refractivity contribution is 5.83. The normalized spacial score (nSPS) is 25.3. The molecular weight excluding hydrogens is 347 g/mol. The minimum Gasteiger partial charge on any atom is -0.379 e. The van der Waals surface area contributed by atoms with Gasteiger partial charge in [0.2, 0.25) is 5.91 Å². The van der Waals surface area contributed by atoms with E-state index < -0.39 is 6.04 Å². The lowest BCUT2D eigenvalue weighted by atomic mass is 9.95. The van der Waals surface area contributed by atoms with Crippen molar-refractivity contribution in [3.05, 3.63) is 35.6 Å². The quantitative estimate of drug-likeness (QED) is 0.827. The van der Waals surface area contributed by atoms with Gasteiger partial charge in [0, 0.05) is 25.7 Å². The molecule has 1 aromatic carbocycles. The van der Waals surface area contributed by atoms with Crippen LogP contribution in [0.25, 0.3) is 0 Å². The molecule has 2 aliphatic heterocycles. The Hall–Kier alpha value is -1.50. The summed E-state index contributed by atoms with van der Waals surface area (Å²) in [5, 5.41) is 3.21. The van der Waals surface area contributed by atoms with Crippen molar-refractivity contribution in [1.29, 1.82) is 0 Å². The van der Waals surface area contributed by atoms with Crippen LogP contribution in [0.5, 0.6) is 0 Å². The number of rotatable bonds is 6. The second-order valence-electron chi connectivity index (χ2n) is 7.96. The summed E-state index contributed by atoms with van der Waals surface area (Å²) in [4.78, 5) is 15.3. The minimum absolute atomic E-state index is 0.0577. The maximum atomic E-state index is 13.8. The van der Waals surface area contributed by atoms with Crippen molar-refractivity contribution in [3.63, 3.8) is 0 Å². The standard InChI is InChI=1S/C21H31FN2O3/c1-15(2)12-19-14-18(6-9-27-19)23-21(25)20(24-7-10-26-11-8-24)16-4-3-5-17(22)13-16/h3-5,13,15,18-20H,6-12,14H2,1-2H3,(H,23,25)/t18-,19-,20-/m1/s1. The molecule has 2 aliphatic rings. The maximum absolute atomic E-state index is 13.8. The summed E-state index contributed by atoms with van der Waals surface area (Å²) in [6.07, 6.45) is 2.85. The van der Waals surface area contributed by atoms with Crippen molar-refractivity contribution in [2.75, 3.05) is 32.9 Å². The van der Waals surface area contributed by atoms with Crippen LogP contribution < -0.4 is 5.32 Å². The van der Waals surface area contributed by atoms with E-state index in [1.54, 1.807) is 6.07 Å². The van der Waals surface area contributed by atoms with Gasteiger partial charge < -0.3 is 14.8 Å². The fourth-order valence-corrected chi connectivity index (χ4v) is 4.02. The average molecular weight is 378 g/mol. The van der Waals surface area contributed by atoms with Crippen molar-refractivity contribution >= 4 is 5.91 Å². The van der Waals surface area contributed by atoms with E-state index >= 15 is 0 Å². The molecule has 0 spiro atoms. The lowest BCUT2D eigenvalue weighted by Gasteiger charge is -2.36. The van der Waals surface area contributed by atoms with Crippen molar-refractivity contribution in [2.24, 2.45) is 5.92 Å². The molecule has 0 aliphatic carbocycles. The summed E-state index contributed by atoms with van der Waals surface area (Å²) in [7, 11) is 0. The molecule has 0 unspecified atom stereocenters. The minimum atomic E-state index is -0.490. The van der Waals surface area contributed by atoms with Crippen LogP contribution in [0.1, 0.15) is 44.7 Å². The van der Waals surface area contributed by atoms with Crippen LogP contribution >= 0.6 is 0 Å². The Morgan fingerprint density at radius 3 is 2.78 bits per heavy atom. The van der Waals surface area contributed by atoms with E-state index in [2.05, 4.69) is 24.1 Å². The average Bonchev–Trinajstić information content (AvgIpc) is 2.62. The Labute approximate surface area is 161 Å². The molecule has 2 fully saturated rings. The van der Waals surface area contributed by atoms with Gasteiger partial charge in [-0.25, -0.2) is 4.39 Å². The number of ether oxygens (including phenoxy) is 2. The topological polar surface area (TPSA) is 50.8 Å². The number of hydrogen-bond donors (Lipinski definition) is 1. The molecule has 3 atom stereocenters. The van der Waals surface area contributed by atoms with Gasteiger partial charge in [-0.05, 0) is 42.9 Å².